The zero-order valence-electron chi connectivity index (χ0n) is 8.52. The van der Waals surface area contributed by atoms with Crippen LogP contribution in [0.4, 0.5) is 0 Å². The quantitative estimate of drug-likeness (QED) is 0.781. The van der Waals surface area contributed by atoms with Crippen LogP contribution >= 0.6 is 8.25 Å². The van der Waals surface area contributed by atoms with Crippen LogP contribution in [0.3, 0.4) is 0 Å². The Balaban J connectivity index is 2.81. The molecule has 1 atom stereocenters. The number of benzene rings is 1. The van der Waals surface area contributed by atoms with Gasteiger partial charge in [0.1, 0.15) is 11.5 Å². The van der Waals surface area contributed by atoms with Gasteiger partial charge in [-0.1, -0.05) is 0 Å². The van der Waals surface area contributed by atoms with E-state index in [4.69, 9.17) is 14.4 Å². The standard InChI is InChI=1S/C9H13O5P/c1-12-8-3-7(6-14-15(10)11)4-9(5-8)13-2/h3-5,15H,6H2,1-2H3,(H,10,11). The molecule has 0 spiro atoms. The summed E-state index contributed by atoms with van der Waals surface area (Å²) in [5.74, 6) is 1.23. The summed E-state index contributed by atoms with van der Waals surface area (Å²) in [6, 6.07) is 5.14. The maximum absolute atomic E-state index is 10.4. The van der Waals surface area contributed by atoms with Crippen molar-refractivity contribution in [1.82, 2.24) is 0 Å². The Morgan fingerprint density at radius 2 is 1.73 bits per heavy atom. The Morgan fingerprint density at radius 1 is 1.20 bits per heavy atom. The van der Waals surface area contributed by atoms with Crippen LogP contribution < -0.4 is 9.47 Å². The van der Waals surface area contributed by atoms with E-state index in [0.29, 0.717) is 11.5 Å². The third kappa shape index (κ3) is 3.91. The van der Waals surface area contributed by atoms with Gasteiger partial charge < -0.3 is 18.9 Å². The van der Waals surface area contributed by atoms with Crippen molar-refractivity contribution in [2.75, 3.05) is 14.2 Å². The highest BCUT2D eigenvalue weighted by Gasteiger charge is 2.03. The first-order valence-corrected chi connectivity index (χ1v) is 5.49. The third-order valence-corrected chi connectivity index (χ3v) is 2.16. The molecule has 0 fully saturated rings. The van der Waals surface area contributed by atoms with Crippen LogP contribution in [0.15, 0.2) is 18.2 Å². The lowest BCUT2D eigenvalue weighted by Crippen LogP contribution is -1.92. The van der Waals surface area contributed by atoms with Crippen LogP contribution in [0.25, 0.3) is 0 Å². The third-order valence-electron chi connectivity index (χ3n) is 1.77. The van der Waals surface area contributed by atoms with E-state index in [9.17, 15) is 4.57 Å². The number of rotatable bonds is 5. The molecule has 0 radical (unpaired) electrons. The van der Waals surface area contributed by atoms with Crippen LogP contribution in [-0.4, -0.2) is 19.1 Å². The molecule has 6 heteroatoms. The van der Waals surface area contributed by atoms with Gasteiger partial charge in [-0.3, -0.25) is 4.57 Å². The highest BCUT2D eigenvalue weighted by molar-refractivity contribution is 7.32. The van der Waals surface area contributed by atoms with Crippen molar-refractivity contribution >= 4 is 8.25 Å². The molecule has 1 N–H and O–H groups in total. The van der Waals surface area contributed by atoms with E-state index in [0.717, 1.165) is 5.56 Å². The molecule has 1 aromatic carbocycles. The number of ether oxygens (including phenoxy) is 2. The lowest BCUT2D eigenvalue weighted by molar-refractivity contribution is 0.271. The molecule has 15 heavy (non-hydrogen) atoms. The predicted molar refractivity (Wildman–Crippen MR) is 55.6 cm³/mol. The van der Waals surface area contributed by atoms with Crippen LogP contribution in [-0.2, 0) is 15.7 Å². The van der Waals surface area contributed by atoms with E-state index in [1.807, 2.05) is 0 Å². The highest BCUT2D eigenvalue weighted by Crippen LogP contribution is 2.25. The molecular formula is C9H13O5P. The largest absolute Gasteiger partial charge is 0.497 e. The summed E-state index contributed by atoms with van der Waals surface area (Å²) in [4.78, 5) is 8.53. The van der Waals surface area contributed by atoms with Gasteiger partial charge in [-0.15, -0.1) is 0 Å². The molecule has 1 unspecified atom stereocenters. The second kappa shape index (κ2) is 5.75. The van der Waals surface area contributed by atoms with Gasteiger partial charge in [-0.25, -0.2) is 0 Å². The average molecular weight is 232 g/mol. The van der Waals surface area contributed by atoms with E-state index in [1.165, 1.54) is 14.2 Å². The summed E-state index contributed by atoms with van der Waals surface area (Å²) in [6.45, 7) is 0.0574. The van der Waals surface area contributed by atoms with E-state index >= 15 is 0 Å². The maximum atomic E-state index is 10.4. The molecule has 84 valence electrons. The first kappa shape index (κ1) is 12.0. The Labute approximate surface area is 88.5 Å². The average Bonchev–Trinajstić information content (AvgIpc) is 2.25. The minimum absolute atomic E-state index is 0.0574. The first-order chi connectivity index (χ1) is 7.15. The second-order valence-electron chi connectivity index (χ2n) is 2.78. The molecule has 0 saturated heterocycles. The number of methoxy groups -OCH3 is 2. The Kier molecular flexibility index (Phi) is 4.62. The van der Waals surface area contributed by atoms with Crippen LogP contribution in [0.1, 0.15) is 5.56 Å². The minimum Gasteiger partial charge on any atom is -0.497 e. The fourth-order valence-electron chi connectivity index (χ4n) is 1.09. The normalized spacial score (nSPS) is 12.2. The summed E-state index contributed by atoms with van der Waals surface area (Å²) >= 11 is 0. The summed E-state index contributed by atoms with van der Waals surface area (Å²) in [6.07, 6.45) is 0. The van der Waals surface area contributed by atoms with Crippen molar-refractivity contribution in [2.24, 2.45) is 0 Å². The Bertz CT molecular complexity index is 330. The molecule has 0 aliphatic rings. The van der Waals surface area contributed by atoms with E-state index in [1.54, 1.807) is 18.2 Å². The molecule has 0 aliphatic carbocycles. The molecule has 0 heterocycles. The molecule has 0 bridgehead atoms. The number of hydrogen-bond acceptors (Lipinski definition) is 4. The first-order valence-electron chi connectivity index (χ1n) is 4.23. The van der Waals surface area contributed by atoms with Crippen molar-refractivity contribution < 1.29 is 23.5 Å². The van der Waals surface area contributed by atoms with Crippen molar-refractivity contribution in [1.29, 1.82) is 0 Å². The van der Waals surface area contributed by atoms with Gasteiger partial charge in [-0.2, -0.15) is 0 Å². The van der Waals surface area contributed by atoms with Crippen molar-refractivity contribution in [3.8, 4) is 11.5 Å². The lowest BCUT2D eigenvalue weighted by Gasteiger charge is -2.07. The molecule has 1 rings (SSSR count). The maximum Gasteiger partial charge on any atom is 0.316 e. The van der Waals surface area contributed by atoms with Gasteiger partial charge >= 0.3 is 8.25 Å². The summed E-state index contributed by atoms with van der Waals surface area (Å²) in [5, 5.41) is 0. The van der Waals surface area contributed by atoms with Gasteiger partial charge in [0.2, 0.25) is 0 Å². The van der Waals surface area contributed by atoms with Gasteiger partial charge in [-0.05, 0) is 17.7 Å². The molecular weight excluding hydrogens is 219 g/mol. The predicted octanol–water partition coefficient (Wildman–Crippen LogP) is 1.60. The Morgan fingerprint density at radius 3 is 2.13 bits per heavy atom. The van der Waals surface area contributed by atoms with Crippen LogP contribution in [0.2, 0.25) is 0 Å². The van der Waals surface area contributed by atoms with E-state index in [-0.39, 0.29) is 6.61 Å². The van der Waals surface area contributed by atoms with E-state index in [2.05, 4.69) is 4.52 Å². The molecule has 0 saturated carbocycles. The lowest BCUT2D eigenvalue weighted by atomic mass is 10.2. The molecule has 0 amide bonds. The monoisotopic (exact) mass is 232 g/mol. The van der Waals surface area contributed by atoms with Gasteiger partial charge in [0.05, 0.1) is 20.8 Å². The molecule has 5 nitrogen and oxygen atoms in total. The summed E-state index contributed by atoms with van der Waals surface area (Å²) in [7, 11) is 0.170. The van der Waals surface area contributed by atoms with E-state index < -0.39 is 8.25 Å². The molecule has 0 aromatic heterocycles. The van der Waals surface area contributed by atoms with Crippen molar-refractivity contribution in [2.45, 2.75) is 6.61 Å². The second-order valence-corrected chi connectivity index (χ2v) is 3.60. The van der Waals surface area contributed by atoms with Crippen molar-refractivity contribution in [3.05, 3.63) is 23.8 Å². The fraction of sp³-hybridized carbons (Fsp3) is 0.333. The molecule has 1 aromatic rings. The fourth-order valence-corrected chi connectivity index (χ4v) is 1.38. The van der Waals surface area contributed by atoms with Gasteiger partial charge in [0.15, 0.2) is 0 Å². The molecule has 0 aliphatic heterocycles. The van der Waals surface area contributed by atoms with Crippen LogP contribution in [0, 0.1) is 0 Å². The summed E-state index contributed by atoms with van der Waals surface area (Å²) < 4.78 is 25.1. The highest BCUT2D eigenvalue weighted by atomic mass is 31.1. The smallest absolute Gasteiger partial charge is 0.316 e. The van der Waals surface area contributed by atoms with Crippen molar-refractivity contribution in [3.63, 3.8) is 0 Å². The van der Waals surface area contributed by atoms with Gasteiger partial charge in [0, 0.05) is 6.07 Å². The SMILES string of the molecule is COc1cc(CO[PH](=O)O)cc(OC)c1. The topological polar surface area (TPSA) is 65.0 Å². The summed E-state index contributed by atoms with van der Waals surface area (Å²) in [5.41, 5.74) is 0.721. The minimum atomic E-state index is -2.90. The Hall–Kier alpha value is -1.03. The zero-order chi connectivity index (χ0) is 11.3. The zero-order valence-corrected chi connectivity index (χ0v) is 9.52. The van der Waals surface area contributed by atoms with Gasteiger partial charge in [0.25, 0.3) is 0 Å². The van der Waals surface area contributed by atoms with Crippen LogP contribution in [0.5, 0.6) is 11.5 Å². The number of hydrogen-bond donors (Lipinski definition) is 1.